The molecule has 4 aromatic rings. The summed E-state index contributed by atoms with van der Waals surface area (Å²) in [4.78, 5) is 28.2. The third-order valence-electron chi connectivity index (χ3n) is 6.12. The number of thioether (sulfide) groups is 1. The lowest BCUT2D eigenvalue weighted by molar-refractivity contribution is -0.117. The normalized spacial score (nSPS) is 15.1. The smallest absolute Gasteiger partial charge is 0.296 e. The zero-order chi connectivity index (χ0) is 28.8. The number of ketones is 1. The predicted molar refractivity (Wildman–Crippen MR) is 158 cm³/mol. The van der Waals surface area contributed by atoms with Crippen LogP contribution < -0.4 is 9.64 Å². The van der Waals surface area contributed by atoms with Gasteiger partial charge in [0.2, 0.25) is 5.13 Å². The molecule has 1 aliphatic rings. The molecule has 0 spiro atoms. The number of hydrogen-bond donors (Lipinski definition) is 1. The van der Waals surface area contributed by atoms with Crippen LogP contribution in [-0.2, 0) is 15.3 Å². The lowest BCUT2D eigenvalue weighted by Crippen LogP contribution is -2.30. The van der Waals surface area contributed by atoms with Gasteiger partial charge in [0, 0.05) is 5.75 Å². The van der Waals surface area contributed by atoms with E-state index >= 15 is 0 Å². The Balaban J connectivity index is 1.47. The first kappa shape index (κ1) is 28.0. The van der Waals surface area contributed by atoms with Gasteiger partial charge >= 0.3 is 0 Å². The number of halogens is 1. The Bertz CT molecular complexity index is 1630. The van der Waals surface area contributed by atoms with Crippen molar-refractivity contribution in [1.82, 2.24) is 10.2 Å². The van der Waals surface area contributed by atoms with Gasteiger partial charge in [-0.05, 0) is 47.0 Å². The van der Waals surface area contributed by atoms with E-state index < -0.39 is 23.5 Å². The van der Waals surface area contributed by atoms with Crippen molar-refractivity contribution >= 4 is 46.0 Å². The predicted octanol–water partition coefficient (Wildman–Crippen LogP) is 6.72. The molecule has 1 unspecified atom stereocenters. The first-order chi connectivity index (χ1) is 19.9. The number of rotatable bonds is 11. The van der Waals surface area contributed by atoms with Crippen LogP contribution in [0.15, 0.2) is 113 Å². The molecule has 0 bridgehead atoms. The molecule has 41 heavy (non-hydrogen) atoms. The van der Waals surface area contributed by atoms with Crippen LogP contribution in [0.5, 0.6) is 5.75 Å². The van der Waals surface area contributed by atoms with E-state index in [0.29, 0.717) is 21.4 Å². The molecule has 206 valence electrons. The standard InChI is InChI=1S/C31H24FN3O4S2/c1-2-17-39-24-10-6-9-22(18-24)27-26(25(36)16-13-20-7-4-3-5-8-20)28(37)29(38)35(27)30-33-34-31(41-30)40-19-21-11-14-23(32)15-12-21/h2-16,18,27,37H,1,17,19H2/b16-13+. The van der Waals surface area contributed by atoms with Gasteiger partial charge < -0.3 is 9.84 Å². The maximum atomic E-state index is 13.5. The van der Waals surface area contributed by atoms with E-state index in [4.69, 9.17) is 4.74 Å². The summed E-state index contributed by atoms with van der Waals surface area (Å²) >= 11 is 2.54. The summed E-state index contributed by atoms with van der Waals surface area (Å²) in [6.07, 6.45) is 4.58. The molecule has 5 rings (SSSR count). The fraction of sp³-hybridized carbons (Fsp3) is 0.0968. The van der Waals surface area contributed by atoms with Crippen LogP contribution in [0.2, 0.25) is 0 Å². The van der Waals surface area contributed by atoms with Crippen LogP contribution in [0.3, 0.4) is 0 Å². The third-order valence-corrected chi connectivity index (χ3v) is 8.25. The number of allylic oxidation sites excluding steroid dienone is 1. The Morgan fingerprint density at radius 2 is 1.88 bits per heavy atom. The van der Waals surface area contributed by atoms with Crippen molar-refractivity contribution in [3.05, 3.63) is 131 Å². The summed E-state index contributed by atoms with van der Waals surface area (Å²) in [7, 11) is 0. The summed E-state index contributed by atoms with van der Waals surface area (Å²) in [5.41, 5.74) is 2.18. The van der Waals surface area contributed by atoms with Gasteiger partial charge in [0.25, 0.3) is 5.91 Å². The van der Waals surface area contributed by atoms with E-state index in [2.05, 4.69) is 16.8 Å². The molecule has 3 aromatic carbocycles. The summed E-state index contributed by atoms with van der Waals surface area (Å²) in [5, 5.41) is 19.7. The Morgan fingerprint density at radius 1 is 1.10 bits per heavy atom. The molecule has 0 saturated heterocycles. The third kappa shape index (κ3) is 6.45. The molecule has 0 aliphatic carbocycles. The molecular formula is C31H24FN3O4S2. The van der Waals surface area contributed by atoms with Gasteiger partial charge in [-0.25, -0.2) is 4.39 Å². The quantitative estimate of drug-likeness (QED) is 0.0904. The number of aliphatic hydroxyl groups excluding tert-OH is 1. The lowest BCUT2D eigenvalue weighted by Gasteiger charge is -2.24. The van der Waals surface area contributed by atoms with Crippen LogP contribution >= 0.6 is 23.1 Å². The zero-order valence-corrected chi connectivity index (χ0v) is 23.3. The number of carbonyl (C=O) groups excluding carboxylic acids is 2. The Hall–Kier alpha value is -4.54. The van der Waals surface area contributed by atoms with Crippen molar-refractivity contribution in [2.24, 2.45) is 0 Å². The van der Waals surface area contributed by atoms with Crippen LogP contribution in [0, 0.1) is 5.82 Å². The lowest BCUT2D eigenvalue weighted by atomic mass is 9.95. The first-order valence-electron chi connectivity index (χ1n) is 12.5. The monoisotopic (exact) mass is 585 g/mol. The number of benzene rings is 3. The zero-order valence-electron chi connectivity index (χ0n) is 21.6. The second-order valence-electron chi connectivity index (χ2n) is 8.89. The number of amides is 1. The maximum absolute atomic E-state index is 13.5. The fourth-order valence-corrected chi connectivity index (χ4v) is 6.03. The van der Waals surface area contributed by atoms with E-state index in [0.717, 1.165) is 22.5 Å². The molecule has 1 aliphatic heterocycles. The summed E-state index contributed by atoms with van der Waals surface area (Å²) in [5.74, 6) is -1.20. The van der Waals surface area contributed by atoms with Crippen molar-refractivity contribution in [3.63, 3.8) is 0 Å². The fourth-order valence-electron chi connectivity index (χ4n) is 4.21. The first-order valence-corrected chi connectivity index (χ1v) is 14.3. The second kappa shape index (κ2) is 12.8. The number of ether oxygens (including phenoxy) is 1. The number of aromatic nitrogens is 2. The van der Waals surface area contributed by atoms with Crippen molar-refractivity contribution in [2.45, 2.75) is 16.1 Å². The average Bonchev–Trinajstić information content (AvgIpc) is 3.57. The molecule has 2 heterocycles. The Morgan fingerprint density at radius 3 is 2.63 bits per heavy atom. The summed E-state index contributed by atoms with van der Waals surface area (Å²) in [6, 6.07) is 21.4. The van der Waals surface area contributed by atoms with Gasteiger partial charge in [-0.15, -0.1) is 10.2 Å². The van der Waals surface area contributed by atoms with Crippen LogP contribution in [0.25, 0.3) is 6.08 Å². The highest BCUT2D eigenvalue weighted by Crippen LogP contribution is 2.44. The summed E-state index contributed by atoms with van der Waals surface area (Å²) < 4.78 is 19.5. The van der Waals surface area contributed by atoms with Crippen molar-refractivity contribution in [3.8, 4) is 5.75 Å². The van der Waals surface area contributed by atoms with E-state index in [9.17, 15) is 19.1 Å². The van der Waals surface area contributed by atoms with E-state index in [-0.39, 0.29) is 23.1 Å². The van der Waals surface area contributed by atoms with Gasteiger partial charge in [0.1, 0.15) is 18.2 Å². The second-order valence-corrected chi connectivity index (χ2v) is 11.1. The van der Waals surface area contributed by atoms with Gasteiger partial charge in [-0.1, -0.05) is 96.4 Å². The molecule has 1 N–H and O–H groups in total. The number of hydrogen-bond acceptors (Lipinski definition) is 8. The van der Waals surface area contributed by atoms with Gasteiger partial charge in [-0.2, -0.15) is 0 Å². The molecule has 7 nitrogen and oxygen atoms in total. The number of carbonyl (C=O) groups is 2. The molecular weight excluding hydrogens is 561 g/mol. The van der Waals surface area contributed by atoms with Crippen LogP contribution in [-0.4, -0.2) is 33.6 Å². The average molecular weight is 586 g/mol. The number of nitrogens with zero attached hydrogens (tertiary/aromatic N) is 3. The molecule has 1 aromatic heterocycles. The van der Waals surface area contributed by atoms with Gasteiger partial charge in [0.15, 0.2) is 15.9 Å². The minimum Gasteiger partial charge on any atom is -0.503 e. The molecule has 0 saturated carbocycles. The Kier molecular flexibility index (Phi) is 8.71. The summed E-state index contributed by atoms with van der Waals surface area (Å²) in [6.45, 7) is 3.94. The minimum absolute atomic E-state index is 0.0706. The number of anilines is 1. The van der Waals surface area contributed by atoms with Crippen LogP contribution in [0.4, 0.5) is 9.52 Å². The Labute approximate surface area is 244 Å². The minimum atomic E-state index is -0.967. The highest BCUT2D eigenvalue weighted by Gasteiger charge is 2.45. The molecule has 1 amide bonds. The highest BCUT2D eigenvalue weighted by atomic mass is 32.2. The highest BCUT2D eigenvalue weighted by molar-refractivity contribution is 8.00. The van der Waals surface area contributed by atoms with E-state index in [1.807, 2.05) is 30.3 Å². The molecule has 0 radical (unpaired) electrons. The number of aliphatic hydroxyl groups is 1. The molecule has 0 fully saturated rings. The van der Waals surface area contributed by atoms with Crippen molar-refractivity contribution in [1.29, 1.82) is 0 Å². The van der Waals surface area contributed by atoms with Crippen LogP contribution in [0.1, 0.15) is 22.7 Å². The topological polar surface area (TPSA) is 92.6 Å². The largest absolute Gasteiger partial charge is 0.503 e. The van der Waals surface area contributed by atoms with Gasteiger partial charge in [-0.3, -0.25) is 14.5 Å². The van der Waals surface area contributed by atoms with Crippen molar-refractivity contribution < 1.29 is 23.8 Å². The van der Waals surface area contributed by atoms with Gasteiger partial charge in [0.05, 0.1) is 11.6 Å². The maximum Gasteiger partial charge on any atom is 0.296 e. The molecule has 10 heteroatoms. The van der Waals surface area contributed by atoms with E-state index in [1.165, 1.54) is 34.9 Å². The van der Waals surface area contributed by atoms with E-state index in [1.54, 1.807) is 48.6 Å². The SMILES string of the molecule is C=CCOc1cccc(C2C(C(=O)/C=C/c3ccccc3)=C(O)C(=O)N2c2nnc(SCc3ccc(F)cc3)s2)c1. The molecule has 1 atom stereocenters. The van der Waals surface area contributed by atoms with Crippen molar-refractivity contribution in [2.75, 3.05) is 11.5 Å².